The fourth-order valence-corrected chi connectivity index (χ4v) is 3.45. The van der Waals surface area contributed by atoms with Crippen LogP contribution in [-0.2, 0) is 4.79 Å². The number of aliphatic carboxylic acids is 1. The summed E-state index contributed by atoms with van der Waals surface area (Å²) in [4.78, 5) is 13.4. The highest BCUT2D eigenvalue weighted by Crippen LogP contribution is 2.38. The van der Waals surface area contributed by atoms with Crippen molar-refractivity contribution in [2.24, 2.45) is 5.92 Å². The number of nitrogens with one attached hydrogen (secondary N) is 1. The Bertz CT molecular complexity index is 367. The average Bonchev–Trinajstić information content (AvgIpc) is 2.83. The summed E-state index contributed by atoms with van der Waals surface area (Å²) in [6, 6.07) is 0.0766. The maximum Gasteiger partial charge on any atom is 0.391 e. The van der Waals surface area contributed by atoms with Crippen LogP contribution in [0.1, 0.15) is 32.1 Å². The van der Waals surface area contributed by atoms with Crippen molar-refractivity contribution in [3.63, 3.8) is 0 Å². The average molecular weight is 294 g/mol. The third kappa shape index (κ3) is 2.93. The molecule has 2 N–H and O–H groups in total. The molecule has 0 amide bonds. The van der Waals surface area contributed by atoms with Crippen molar-refractivity contribution in [3.8, 4) is 0 Å². The number of likely N-dealkylation sites (N-methyl/N-ethyl adjacent to an activating group) is 1. The minimum atomic E-state index is -4.10. The van der Waals surface area contributed by atoms with Crippen LogP contribution in [0.15, 0.2) is 0 Å². The van der Waals surface area contributed by atoms with Gasteiger partial charge in [-0.25, -0.2) is 0 Å². The first-order chi connectivity index (χ1) is 9.28. The minimum absolute atomic E-state index is 0.0766. The molecule has 20 heavy (non-hydrogen) atoms. The topological polar surface area (TPSA) is 52.6 Å². The molecule has 2 unspecified atom stereocenters. The molecule has 2 rings (SSSR count). The quantitative estimate of drug-likeness (QED) is 0.834. The number of rotatable bonds is 3. The van der Waals surface area contributed by atoms with Crippen LogP contribution in [0.5, 0.6) is 0 Å². The Kier molecular flexibility index (Phi) is 4.30. The van der Waals surface area contributed by atoms with E-state index in [1.54, 1.807) is 7.05 Å². The minimum Gasteiger partial charge on any atom is -0.480 e. The van der Waals surface area contributed by atoms with Crippen molar-refractivity contribution >= 4 is 5.97 Å². The first-order valence-corrected chi connectivity index (χ1v) is 7.01. The molecule has 7 heteroatoms. The number of hydrogen-bond donors (Lipinski definition) is 2. The molecule has 0 aromatic rings. The Morgan fingerprint density at radius 2 is 1.90 bits per heavy atom. The predicted octanol–water partition coefficient (Wildman–Crippen LogP) is 1.86. The summed E-state index contributed by atoms with van der Waals surface area (Å²) in [5.74, 6) is -2.07. The zero-order valence-electron chi connectivity index (χ0n) is 11.5. The molecule has 0 radical (unpaired) electrons. The predicted molar refractivity (Wildman–Crippen MR) is 67.4 cm³/mol. The molecule has 2 aliphatic rings. The van der Waals surface area contributed by atoms with Gasteiger partial charge >= 0.3 is 12.1 Å². The van der Waals surface area contributed by atoms with Crippen LogP contribution in [0.25, 0.3) is 0 Å². The van der Waals surface area contributed by atoms with E-state index >= 15 is 0 Å². The van der Waals surface area contributed by atoms with Gasteiger partial charge in [-0.3, -0.25) is 4.79 Å². The highest BCUT2D eigenvalue weighted by Gasteiger charge is 2.48. The zero-order valence-corrected chi connectivity index (χ0v) is 11.5. The summed E-state index contributed by atoms with van der Waals surface area (Å²) in [5.41, 5.74) is -0.911. The maximum atomic E-state index is 12.6. The molecule has 0 spiro atoms. The molecule has 4 nitrogen and oxygen atoms in total. The first kappa shape index (κ1) is 15.6. The smallest absolute Gasteiger partial charge is 0.391 e. The zero-order chi connectivity index (χ0) is 15.0. The number of piperidine rings is 1. The molecule has 0 aromatic heterocycles. The highest BCUT2D eigenvalue weighted by atomic mass is 19.4. The third-order valence-electron chi connectivity index (χ3n) is 4.89. The summed E-state index contributed by atoms with van der Waals surface area (Å²) < 4.78 is 37.9. The van der Waals surface area contributed by atoms with E-state index in [0.29, 0.717) is 25.9 Å². The van der Waals surface area contributed by atoms with Gasteiger partial charge in [0.05, 0.1) is 5.92 Å². The first-order valence-electron chi connectivity index (χ1n) is 7.01. The van der Waals surface area contributed by atoms with E-state index < -0.39 is 23.6 Å². The van der Waals surface area contributed by atoms with Gasteiger partial charge in [-0.2, -0.15) is 13.2 Å². The van der Waals surface area contributed by atoms with E-state index in [9.17, 15) is 23.1 Å². The number of halogens is 3. The van der Waals surface area contributed by atoms with E-state index in [4.69, 9.17) is 0 Å². The van der Waals surface area contributed by atoms with E-state index in [-0.39, 0.29) is 18.9 Å². The Morgan fingerprint density at radius 3 is 2.30 bits per heavy atom. The normalized spacial score (nSPS) is 33.5. The van der Waals surface area contributed by atoms with Gasteiger partial charge in [0.15, 0.2) is 0 Å². The monoisotopic (exact) mass is 294 g/mol. The molecule has 1 saturated carbocycles. The second-order valence-corrected chi connectivity index (χ2v) is 5.89. The fraction of sp³-hybridized carbons (Fsp3) is 0.923. The molecule has 0 aromatic carbocycles. The Hall–Kier alpha value is -0.820. The number of nitrogens with zero attached hydrogens (tertiary/aromatic N) is 1. The lowest BCUT2D eigenvalue weighted by Crippen LogP contribution is -2.50. The summed E-state index contributed by atoms with van der Waals surface area (Å²) >= 11 is 0. The van der Waals surface area contributed by atoms with Gasteiger partial charge in [-0.1, -0.05) is 0 Å². The molecule has 116 valence electrons. The van der Waals surface area contributed by atoms with Gasteiger partial charge in [-0.05, 0) is 52.2 Å². The largest absolute Gasteiger partial charge is 0.480 e. The number of carboxylic acid groups (broad SMARTS) is 1. The maximum absolute atomic E-state index is 12.6. The van der Waals surface area contributed by atoms with E-state index in [2.05, 4.69) is 5.32 Å². The summed E-state index contributed by atoms with van der Waals surface area (Å²) in [7, 11) is 1.63. The number of alkyl halides is 3. The summed E-state index contributed by atoms with van der Waals surface area (Å²) in [6.07, 6.45) is -2.13. The van der Waals surface area contributed by atoms with Crippen LogP contribution in [0.4, 0.5) is 13.2 Å². The van der Waals surface area contributed by atoms with Gasteiger partial charge in [0.2, 0.25) is 0 Å². The summed E-state index contributed by atoms with van der Waals surface area (Å²) in [6.45, 7) is 0.822. The lowest BCUT2D eigenvalue weighted by atomic mass is 9.94. The molecular formula is C13H21F3N2O2. The molecular weight excluding hydrogens is 273 g/mol. The van der Waals surface area contributed by atoms with Crippen LogP contribution >= 0.6 is 0 Å². The van der Waals surface area contributed by atoms with E-state index in [0.717, 1.165) is 6.42 Å². The molecule has 1 aliphatic carbocycles. The number of carbonyl (C=O) groups is 1. The third-order valence-corrected chi connectivity index (χ3v) is 4.89. The lowest BCUT2D eigenvalue weighted by molar-refractivity contribution is -0.186. The fourth-order valence-electron chi connectivity index (χ4n) is 3.45. The number of likely N-dealkylation sites (tertiary alicyclic amines) is 1. The van der Waals surface area contributed by atoms with E-state index in [1.807, 2.05) is 4.90 Å². The standard InChI is InChI=1S/C13H21F3N2O2/c1-17-12(11(19)20)5-2-10(8-12)18-6-3-9(4-7-18)13(14,15)16/h9-10,17H,2-8H2,1H3,(H,19,20). The van der Waals surface area contributed by atoms with Crippen molar-refractivity contribution in [1.29, 1.82) is 0 Å². The van der Waals surface area contributed by atoms with Crippen molar-refractivity contribution in [1.82, 2.24) is 10.2 Å². The Morgan fingerprint density at radius 1 is 1.30 bits per heavy atom. The van der Waals surface area contributed by atoms with Gasteiger partial charge in [0.25, 0.3) is 0 Å². The van der Waals surface area contributed by atoms with Crippen LogP contribution in [0, 0.1) is 5.92 Å². The summed E-state index contributed by atoms with van der Waals surface area (Å²) in [5, 5.41) is 12.2. The Labute approximate surface area is 116 Å². The lowest BCUT2D eigenvalue weighted by Gasteiger charge is -2.37. The van der Waals surface area contributed by atoms with Gasteiger partial charge < -0.3 is 15.3 Å². The number of hydrogen-bond acceptors (Lipinski definition) is 3. The molecule has 0 bridgehead atoms. The van der Waals surface area contributed by atoms with Crippen LogP contribution < -0.4 is 5.32 Å². The van der Waals surface area contributed by atoms with Crippen LogP contribution in [-0.4, -0.2) is 53.9 Å². The van der Waals surface area contributed by atoms with Gasteiger partial charge in [-0.15, -0.1) is 0 Å². The molecule has 1 heterocycles. The second kappa shape index (κ2) is 5.52. The molecule has 2 fully saturated rings. The van der Waals surface area contributed by atoms with Crippen molar-refractivity contribution in [3.05, 3.63) is 0 Å². The molecule has 1 aliphatic heterocycles. The Balaban J connectivity index is 1.91. The van der Waals surface area contributed by atoms with Crippen molar-refractivity contribution in [2.75, 3.05) is 20.1 Å². The van der Waals surface area contributed by atoms with E-state index in [1.165, 1.54) is 0 Å². The number of carboxylic acids is 1. The van der Waals surface area contributed by atoms with Gasteiger partial charge in [0, 0.05) is 6.04 Å². The van der Waals surface area contributed by atoms with Gasteiger partial charge in [0.1, 0.15) is 5.54 Å². The highest BCUT2D eigenvalue weighted by molar-refractivity contribution is 5.79. The van der Waals surface area contributed by atoms with Crippen molar-refractivity contribution in [2.45, 2.75) is 49.9 Å². The molecule has 2 atom stereocenters. The van der Waals surface area contributed by atoms with Crippen molar-refractivity contribution < 1.29 is 23.1 Å². The van der Waals surface area contributed by atoms with Crippen LogP contribution in [0.3, 0.4) is 0 Å². The SMILES string of the molecule is CNC1(C(=O)O)CCC(N2CCC(C(F)(F)F)CC2)C1. The van der Waals surface area contributed by atoms with Crippen LogP contribution in [0.2, 0.25) is 0 Å². The second-order valence-electron chi connectivity index (χ2n) is 5.89. The molecule has 1 saturated heterocycles.